The highest BCUT2D eigenvalue weighted by atomic mass is 32.2. The van der Waals surface area contributed by atoms with Gasteiger partial charge in [0.25, 0.3) is 0 Å². The minimum absolute atomic E-state index is 0.0467. The average Bonchev–Trinajstić information content (AvgIpc) is 2.45. The third-order valence-electron chi connectivity index (χ3n) is 3.32. The van der Waals surface area contributed by atoms with Crippen molar-refractivity contribution in [3.05, 3.63) is 42.5 Å². The lowest BCUT2D eigenvalue weighted by atomic mass is 10.1. The summed E-state index contributed by atoms with van der Waals surface area (Å²) in [4.78, 5) is 13.8. The van der Waals surface area contributed by atoms with E-state index in [-0.39, 0.29) is 18.2 Å². The van der Waals surface area contributed by atoms with Crippen molar-refractivity contribution in [2.75, 3.05) is 37.5 Å². The molecule has 0 atom stereocenters. The number of carbonyl (C=O) groups is 1. The van der Waals surface area contributed by atoms with Gasteiger partial charge in [0.15, 0.2) is 0 Å². The van der Waals surface area contributed by atoms with Crippen molar-refractivity contribution in [1.29, 1.82) is 0 Å². The van der Waals surface area contributed by atoms with Gasteiger partial charge in [-0.1, -0.05) is 36.4 Å². The van der Waals surface area contributed by atoms with Crippen molar-refractivity contribution >= 4 is 32.2 Å². The van der Waals surface area contributed by atoms with E-state index in [1.54, 1.807) is 11.9 Å². The van der Waals surface area contributed by atoms with Crippen LogP contribution in [0, 0.1) is 0 Å². The van der Waals surface area contributed by atoms with Crippen LogP contribution in [0.5, 0.6) is 0 Å². The van der Waals surface area contributed by atoms with Crippen molar-refractivity contribution in [2.45, 2.75) is 0 Å². The summed E-state index contributed by atoms with van der Waals surface area (Å²) in [5.41, 5.74) is 0.764. The van der Waals surface area contributed by atoms with Crippen molar-refractivity contribution in [3.8, 4) is 0 Å². The first-order chi connectivity index (χ1) is 10.3. The molecule has 0 spiro atoms. The van der Waals surface area contributed by atoms with Gasteiger partial charge in [0, 0.05) is 23.9 Å². The molecule has 0 saturated carbocycles. The molecule has 0 fully saturated rings. The molecular formula is C16H20N2O3S. The number of fused-ring (bicyclic) bond motifs is 1. The van der Waals surface area contributed by atoms with E-state index in [4.69, 9.17) is 0 Å². The predicted octanol–water partition coefficient (Wildman–Crippen LogP) is 1.75. The zero-order valence-corrected chi connectivity index (χ0v) is 13.6. The van der Waals surface area contributed by atoms with Crippen LogP contribution in [0.25, 0.3) is 10.8 Å². The maximum absolute atomic E-state index is 12.1. The van der Waals surface area contributed by atoms with Gasteiger partial charge in [-0.2, -0.15) is 0 Å². The first-order valence-corrected chi connectivity index (χ1v) is 9.05. The molecule has 2 aromatic carbocycles. The standard InChI is InChI=1S/C16H20N2O3S/c1-18(10-11-22(2,20)21)12-16(19)17-15-9-5-7-13-6-3-4-8-14(13)15/h3-9H,10-12H2,1-2H3,(H,17,19). The second-order valence-electron chi connectivity index (χ2n) is 5.44. The van der Waals surface area contributed by atoms with E-state index >= 15 is 0 Å². The highest BCUT2D eigenvalue weighted by Crippen LogP contribution is 2.22. The van der Waals surface area contributed by atoms with Gasteiger partial charge in [0.1, 0.15) is 9.84 Å². The summed E-state index contributed by atoms with van der Waals surface area (Å²) < 4.78 is 22.3. The third kappa shape index (κ3) is 4.82. The Labute approximate surface area is 130 Å². The highest BCUT2D eigenvalue weighted by molar-refractivity contribution is 7.90. The lowest BCUT2D eigenvalue weighted by Crippen LogP contribution is -2.33. The fourth-order valence-corrected chi connectivity index (χ4v) is 2.81. The van der Waals surface area contributed by atoms with Gasteiger partial charge in [-0.15, -0.1) is 0 Å². The van der Waals surface area contributed by atoms with Crippen LogP contribution in [-0.2, 0) is 14.6 Å². The quantitative estimate of drug-likeness (QED) is 0.881. The molecule has 0 aromatic heterocycles. The van der Waals surface area contributed by atoms with E-state index in [9.17, 15) is 13.2 Å². The maximum Gasteiger partial charge on any atom is 0.238 e. The van der Waals surface area contributed by atoms with E-state index in [1.807, 2.05) is 42.5 Å². The Morgan fingerprint density at radius 2 is 1.82 bits per heavy atom. The number of sulfone groups is 1. The third-order valence-corrected chi connectivity index (χ3v) is 4.25. The lowest BCUT2D eigenvalue weighted by molar-refractivity contribution is -0.117. The summed E-state index contributed by atoms with van der Waals surface area (Å²) in [7, 11) is -1.29. The summed E-state index contributed by atoms with van der Waals surface area (Å²) in [6, 6.07) is 13.6. The number of amides is 1. The molecule has 2 aromatic rings. The molecule has 1 N–H and O–H groups in total. The second kappa shape index (κ2) is 6.89. The number of nitrogens with one attached hydrogen (secondary N) is 1. The minimum atomic E-state index is -3.02. The van der Waals surface area contributed by atoms with Crippen LogP contribution < -0.4 is 5.32 Å². The number of carbonyl (C=O) groups excluding carboxylic acids is 1. The number of hydrogen-bond acceptors (Lipinski definition) is 4. The number of benzene rings is 2. The molecule has 2 rings (SSSR count). The van der Waals surface area contributed by atoms with Crippen LogP contribution in [0.15, 0.2) is 42.5 Å². The van der Waals surface area contributed by atoms with E-state index in [0.29, 0.717) is 6.54 Å². The molecule has 118 valence electrons. The first-order valence-electron chi connectivity index (χ1n) is 6.99. The average molecular weight is 320 g/mol. The summed E-state index contributed by atoms with van der Waals surface area (Å²) in [5, 5.41) is 4.93. The fourth-order valence-electron chi connectivity index (χ4n) is 2.17. The molecular weight excluding hydrogens is 300 g/mol. The predicted molar refractivity (Wildman–Crippen MR) is 89.8 cm³/mol. The molecule has 0 aliphatic rings. The molecule has 1 amide bonds. The van der Waals surface area contributed by atoms with E-state index in [0.717, 1.165) is 16.5 Å². The van der Waals surface area contributed by atoms with Crippen molar-refractivity contribution in [3.63, 3.8) is 0 Å². The smallest absolute Gasteiger partial charge is 0.238 e. The molecule has 0 unspecified atom stereocenters. The SMILES string of the molecule is CN(CCS(C)(=O)=O)CC(=O)Nc1cccc2ccccc12. The molecule has 5 nitrogen and oxygen atoms in total. The Bertz CT molecular complexity index is 767. The van der Waals surface area contributed by atoms with Crippen LogP contribution in [0.4, 0.5) is 5.69 Å². The molecule has 0 heterocycles. The summed E-state index contributed by atoms with van der Waals surface area (Å²) in [5.74, 6) is -0.113. The minimum Gasteiger partial charge on any atom is -0.324 e. The molecule has 0 aliphatic heterocycles. The van der Waals surface area contributed by atoms with E-state index in [2.05, 4.69) is 5.32 Å². The Kier molecular flexibility index (Phi) is 5.15. The number of likely N-dealkylation sites (N-methyl/N-ethyl adjacent to an activating group) is 1. The Hall–Kier alpha value is -1.92. The van der Waals surface area contributed by atoms with Crippen molar-refractivity contribution in [1.82, 2.24) is 4.90 Å². The zero-order chi connectivity index (χ0) is 16.2. The molecule has 0 aliphatic carbocycles. The van der Waals surface area contributed by atoms with Crippen molar-refractivity contribution < 1.29 is 13.2 Å². The van der Waals surface area contributed by atoms with Gasteiger partial charge in [-0.25, -0.2) is 8.42 Å². The number of hydrogen-bond donors (Lipinski definition) is 1. The number of rotatable bonds is 6. The van der Waals surface area contributed by atoms with Gasteiger partial charge < -0.3 is 5.32 Å². The lowest BCUT2D eigenvalue weighted by Gasteiger charge is -2.16. The summed E-state index contributed by atoms with van der Waals surface area (Å²) in [6.07, 6.45) is 1.19. The van der Waals surface area contributed by atoms with Crippen LogP contribution >= 0.6 is 0 Å². The Morgan fingerprint density at radius 3 is 2.55 bits per heavy atom. The fraction of sp³-hybridized carbons (Fsp3) is 0.312. The van der Waals surface area contributed by atoms with Gasteiger partial charge in [0.05, 0.1) is 12.3 Å². The van der Waals surface area contributed by atoms with Crippen LogP contribution in [0.1, 0.15) is 0 Å². The normalized spacial score (nSPS) is 11.8. The van der Waals surface area contributed by atoms with Gasteiger partial charge >= 0.3 is 0 Å². The summed E-state index contributed by atoms with van der Waals surface area (Å²) >= 11 is 0. The largest absolute Gasteiger partial charge is 0.324 e. The van der Waals surface area contributed by atoms with Crippen molar-refractivity contribution in [2.24, 2.45) is 0 Å². The van der Waals surface area contributed by atoms with Gasteiger partial charge in [-0.3, -0.25) is 9.69 Å². The van der Waals surface area contributed by atoms with E-state index in [1.165, 1.54) is 6.26 Å². The first kappa shape index (κ1) is 16.5. The maximum atomic E-state index is 12.1. The Balaban J connectivity index is 1.99. The molecule has 22 heavy (non-hydrogen) atoms. The van der Waals surface area contributed by atoms with Gasteiger partial charge in [-0.05, 0) is 18.5 Å². The van der Waals surface area contributed by atoms with Gasteiger partial charge in [0.2, 0.25) is 5.91 Å². The monoisotopic (exact) mass is 320 g/mol. The molecule has 0 saturated heterocycles. The highest BCUT2D eigenvalue weighted by Gasteiger charge is 2.11. The van der Waals surface area contributed by atoms with Crippen LogP contribution in [0.2, 0.25) is 0 Å². The second-order valence-corrected chi connectivity index (χ2v) is 7.70. The van der Waals surface area contributed by atoms with E-state index < -0.39 is 9.84 Å². The summed E-state index contributed by atoms with van der Waals surface area (Å²) in [6.45, 7) is 0.487. The van der Waals surface area contributed by atoms with Crippen LogP contribution in [-0.4, -0.2) is 51.4 Å². The number of anilines is 1. The molecule has 6 heteroatoms. The Morgan fingerprint density at radius 1 is 1.14 bits per heavy atom. The molecule has 0 bridgehead atoms. The topological polar surface area (TPSA) is 66.5 Å². The zero-order valence-electron chi connectivity index (χ0n) is 12.7. The van der Waals surface area contributed by atoms with Crippen LogP contribution in [0.3, 0.4) is 0 Å². The number of nitrogens with zero attached hydrogens (tertiary/aromatic N) is 1. The molecule has 0 radical (unpaired) electrons.